The average molecular weight is 364 g/mol. The number of hydrogen-bond acceptors (Lipinski definition) is 4. The number of carbonyl (C=O) groups is 1. The zero-order valence-electron chi connectivity index (χ0n) is 15.1. The first-order valence-corrected chi connectivity index (χ1v) is 8.79. The lowest BCUT2D eigenvalue weighted by molar-refractivity contribution is 0.0945. The predicted octanol–water partition coefficient (Wildman–Crippen LogP) is 3.57. The van der Waals surface area contributed by atoms with Crippen molar-refractivity contribution in [2.75, 3.05) is 11.4 Å². The lowest BCUT2D eigenvalue weighted by Crippen LogP contribution is -2.26. The van der Waals surface area contributed by atoms with Crippen LogP contribution in [0.25, 0.3) is 0 Å². The molecular weight excluding hydrogens is 343 g/mol. The summed E-state index contributed by atoms with van der Waals surface area (Å²) in [5.41, 5.74) is 2.28. The summed E-state index contributed by atoms with van der Waals surface area (Å²) in [6.07, 6.45) is 1.40. The molecule has 0 radical (unpaired) electrons. The molecule has 138 valence electrons. The molecule has 0 spiro atoms. The Bertz CT molecular complexity index is 884. The highest BCUT2D eigenvalue weighted by Crippen LogP contribution is 2.15. The topological polar surface area (TPSA) is 58.1 Å². The summed E-state index contributed by atoms with van der Waals surface area (Å²) in [6.45, 7) is 3.80. The van der Waals surface area contributed by atoms with Crippen LogP contribution >= 0.6 is 0 Å². The van der Waals surface area contributed by atoms with Crippen molar-refractivity contribution >= 4 is 11.7 Å². The summed E-state index contributed by atoms with van der Waals surface area (Å²) >= 11 is 0. The molecule has 0 bridgehead atoms. The lowest BCUT2D eigenvalue weighted by Gasteiger charge is -2.22. The smallest absolute Gasteiger partial charge is 0.270 e. The summed E-state index contributed by atoms with van der Waals surface area (Å²) in [5.74, 6) is 0.102. The van der Waals surface area contributed by atoms with Crippen LogP contribution in [0.3, 0.4) is 0 Å². The highest BCUT2D eigenvalue weighted by Gasteiger charge is 2.12. The second kappa shape index (κ2) is 8.89. The third-order valence-electron chi connectivity index (χ3n) is 4.17. The second-order valence-electron chi connectivity index (χ2n) is 6.07. The molecular formula is C21H21FN4O. The van der Waals surface area contributed by atoms with Crippen LogP contribution in [-0.4, -0.2) is 22.4 Å². The monoisotopic (exact) mass is 364 g/mol. The maximum atomic E-state index is 13.0. The van der Waals surface area contributed by atoms with Gasteiger partial charge in [0.05, 0.1) is 0 Å². The van der Waals surface area contributed by atoms with E-state index in [1.54, 1.807) is 18.2 Å². The van der Waals surface area contributed by atoms with E-state index in [-0.39, 0.29) is 11.7 Å². The third-order valence-corrected chi connectivity index (χ3v) is 4.17. The summed E-state index contributed by atoms with van der Waals surface area (Å²) in [6, 6.07) is 17.8. The first-order chi connectivity index (χ1) is 13.2. The van der Waals surface area contributed by atoms with E-state index in [1.807, 2.05) is 25.1 Å². The zero-order valence-corrected chi connectivity index (χ0v) is 15.1. The van der Waals surface area contributed by atoms with Crippen LogP contribution in [0, 0.1) is 5.82 Å². The Kier molecular flexibility index (Phi) is 6.10. The van der Waals surface area contributed by atoms with Gasteiger partial charge in [-0.15, -0.1) is 0 Å². The minimum Gasteiger partial charge on any atom is -0.352 e. The van der Waals surface area contributed by atoms with E-state index < -0.39 is 0 Å². The van der Waals surface area contributed by atoms with E-state index >= 15 is 0 Å². The molecule has 1 amide bonds. The van der Waals surface area contributed by atoms with Gasteiger partial charge in [-0.25, -0.2) is 14.4 Å². The Morgan fingerprint density at radius 1 is 1.04 bits per heavy atom. The van der Waals surface area contributed by atoms with Crippen molar-refractivity contribution in [1.82, 2.24) is 15.3 Å². The van der Waals surface area contributed by atoms with E-state index in [2.05, 4.69) is 32.3 Å². The molecule has 1 aromatic heterocycles. The maximum absolute atomic E-state index is 13.0. The van der Waals surface area contributed by atoms with E-state index in [1.165, 1.54) is 24.0 Å². The number of anilines is 1. The molecule has 3 aromatic rings. The number of benzene rings is 2. The quantitative estimate of drug-likeness (QED) is 0.696. The van der Waals surface area contributed by atoms with Gasteiger partial charge in [0.15, 0.2) is 0 Å². The molecule has 0 saturated heterocycles. The fraction of sp³-hybridized carbons (Fsp3) is 0.190. The number of nitrogens with one attached hydrogen (secondary N) is 1. The van der Waals surface area contributed by atoms with Gasteiger partial charge in [-0.1, -0.05) is 42.5 Å². The molecule has 6 heteroatoms. The lowest BCUT2D eigenvalue weighted by atomic mass is 10.2. The highest BCUT2D eigenvalue weighted by molar-refractivity contribution is 5.92. The Morgan fingerprint density at radius 2 is 1.78 bits per heavy atom. The molecule has 0 aliphatic carbocycles. The number of aromatic nitrogens is 2. The molecule has 0 atom stereocenters. The summed E-state index contributed by atoms with van der Waals surface area (Å²) < 4.78 is 13.0. The van der Waals surface area contributed by atoms with Crippen LogP contribution in [0.5, 0.6) is 0 Å². The van der Waals surface area contributed by atoms with Crippen LogP contribution < -0.4 is 10.2 Å². The van der Waals surface area contributed by atoms with Crippen molar-refractivity contribution in [3.8, 4) is 0 Å². The Labute approximate surface area is 157 Å². The van der Waals surface area contributed by atoms with Gasteiger partial charge >= 0.3 is 0 Å². The van der Waals surface area contributed by atoms with E-state index in [4.69, 9.17) is 0 Å². The predicted molar refractivity (Wildman–Crippen MR) is 103 cm³/mol. The molecule has 0 fully saturated rings. The fourth-order valence-electron chi connectivity index (χ4n) is 2.68. The number of nitrogens with zero attached hydrogens (tertiary/aromatic N) is 3. The number of halogens is 1. The van der Waals surface area contributed by atoms with Gasteiger partial charge in [0.1, 0.15) is 23.7 Å². The van der Waals surface area contributed by atoms with Crippen LogP contribution in [0.4, 0.5) is 10.2 Å². The van der Waals surface area contributed by atoms with E-state index in [0.717, 1.165) is 12.1 Å². The number of rotatable bonds is 7. The van der Waals surface area contributed by atoms with Gasteiger partial charge in [0.2, 0.25) is 0 Å². The second-order valence-corrected chi connectivity index (χ2v) is 6.07. The van der Waals surface area contributed by atoms with Crippen molar-refractivity contribution in [1.29, 1.82) is 0 Å². The zero-order chi connectivity index (χ0) is 19.1. The van der Waals surface area contributed by atoms with Gasteiger partial charge in [-0.05, 0) is 30.2 Å². The Morgan fingerprint density at radius 3 is 2.48 bits per heavy atom. The molecule has 0 unspecified atom stereocenters. The molecule has 0 saturated carbocycles. The largest absolute Gasteiger partial charge is 0.352 e. The van der Waals surface area contributed by atoms with Crippen LogP contribution in [0.2, 0.25) is 0 Å². The highest BCUT2D eigenvalue weighted by atomic mass is 19.1. The number of amides is 1. The summed E-state index contributed by atoms with van der Waals surface area (Å²) in [5, 5.41) is 2.80. The molecule has 1 N–H and O–H groups in total. The van der Waals surface area contributed by atoms with Gasteiger partial charge in [0, 0.05) is 25.7 Å². The molecule has 2 aromatic carbocycles. The van der Waals surface area contributed by atoms with Crippen LogP contribution in [-0.2, 0) is 13.1 Å². The van der Waals surface area contributed by atoms with Gasteiger partial charge in [0.25, 0.3) is 5.91 Å². The molecule has 1 heterocycles. The van der Waals surface area contributed by atoms with Gasteiger partial charge < -0.3 is 10.2 Å². The third kappa shape index (κ3) is 5.10. The van der Waals surface area contributed by atoms with Crippen LogP contribution in [0.1, 0.15) is 28.5 Å². The fourth-order valence-corrected chi connectivity index (χ4v) is 2.68. The SMILES string of the molecule is CCN(Cc1ccccc1)c1cc(C(=O)NCc2ccc(F)cc2)ncn1. The normalized spacial score (nSPS) is 10.4. The maximum Gasteiger partial charge on any atom is 0.270 e. The molecule has 0 aliphatic heterocycles. The van der Waals surface area contributed by atoms with Crippen molar-refractivity contribution < 1.29 is 9.18 Å². The summed E-state index contributed by atoms with van der Waals surface area (Å²) in [4.78, 5) is 22.9. The molecule has 0 aliphatic rings. The standard InChI is InChI=1S/C21H21FN4O/c1-2-26(14-17-6-4-3-5-7-17)20-12-19(24-15-25-20)21(27)23-13-16-8-10-18(22)11-9-16/h3-12,15H,2,13-14H2,1H3,(H,23,27). The Hall–Kier alpha value is -3.28. The number of carbonyl (C=O) groups excluding carboxylic acids is 1. The number of hydrogen-bond donors (Lipinski definition) is 1. The van der Waals surface area contributed by atoms with Gasteiger partial charge in [-0.2, -0.15) is 0 Å². The van der Waals surface area contributed by atoms with Gasteiger partial charge in [-0.3, -0.25) is 4.79 Å². The van der Waals surface area contributed by atoms with Crippen molar-refractivity contribution in [3.63, 3.8) is 0 Å². The van der Waals surface area contributed by atoms with E-state index in [9.17, 15) is 9.18 Å². The Balaban J connectivity index is 1.67. The minimum absolute atomic E-state index is 0.293. The first-order valence-electron chi connectivity index (χ1n) is 8.79. The molecule has 27 heavy (non-hydrogen) atoms. The summed E-state index contributed by atoms with van der Waals surface area (Å²) in [7, 11) is 0. The average Bonchev–Trinajstić information content (AvgIpc) is 2.72. The van der Waals surface area contributed by atoms with Crippen molar-refractivity contribution in [2.45, 2.75) is 20.0 Å². The minimum atomic E-state index is -0.302. The molecule has 3 rings (SSSR count). The first kappa shape index (κ1) is 18.5. The van der Waals surface area contributed by atoms with Crippen molar-refractivity contribution in [2.24, 2.45) is 0 Å². The molecule has 5 nitrogen and oxygen atoms in total. The van der Waals surface area contributed by atoms with E-state index in [0.29, 0.717) is 24.6 Å². The van der Waals surface area contributed by atoms with Crippen molar-refractivity contribution in [3.05, 3.63) is 89.6 Å². The van der Waals surface area contributed by atoms with Crippen LogP contribution in [0.15, 0.2) is 67.0 Å².